The lowest BCUT2D eigenvalue weighted by molar-refractivity contribution is -0.145. The van der Waals surface area contributed by atoms with Crippen LogP contribution in [0.2, 0.25) is 0 Å². The van der Waals surface area contributed by atoms with Gasteiger partial charge in [-0.05, 0) is 35.4 Å². The molecule has 24 heavy (non-hydrogen) atoms. The number of rotatable bonds is 5. The lowest BCUT2D eigenvalue weighted by atomic mass is 10.0. The highest BCUT2D eigenvalue weighted by Gasteiger charge is 2.26. The molecule has 126 valence electrons. The van der Waals surface area contributed by atoms with E-state index in [1.165, 1.54) is 55.6 Å². The molecule has 0 saturated heterocycles. The van der Waals surface area contributed by atoms with Gasteiger partial charge in [0.25, 0.3) is 0 Å². The van der Waals surface area contributed by atoms with Gasteiger partial charge < -0.3 is 26.0 Å². The fourth-order valence-corrected chi connectivity index (χ4v) is 2.13. The standard InChI is InChI=1S/C17H18N2O5/c1-24-17(23)15(11-4-8-13(21)9-5-11)19-16(22)14(18)10-2-6-12(20)7-3-10/h2-9,14-15,20-21H,18H2,1H3,(H,19,22). The van der Waals surface area contributed by atoms with Crippen LogP contribution in [0.4, 0.5) is 0 Å². The Morgan fingerprint density at radius 1 is 0.958 bits per heavy atom. The molecule has 2 atom stereocenters. The molecule has 0 aromatic heterocycles. The molecule has 0 radical (unpaired) electrons. The molecule has 2 aromatic rings. The minimum atomic E-state index is -1.05. The second-order valence-electron chi connectivity index (χ2n) is 5.13. The van der Waals surface area contributed by atoms with Gasteiger partial charge in [-0.3, -0.25) is 4.79 Å². The lowest BCUT2D eigenvalue weighted by Crippen LogP contribution is -2.40. The van der Waals surface area contributed by atoms with E-state index in [1.807, 2.05) is 0 Å². The number of phenolic OH excluding ortho intramolecular Hbond substituents is 2. The molecule has 5 N–H and O–H groups in total. The van der Waals surface area contributed by atoms with E-state index in [-0.39, 0.29) is 11.5 Å². The van der Waals surface area contributed by atoms with E-state index in [4.69, 9.17) is 10.5 Å². The van der Waals surface area contributed by atoms with Crippen LogP contribution in [-0.4, -0.2) is 29.2 Å². The first-order valence-corrected chi connectivity index (χ1v) is 7.14. The fourth-order valence-electron chi connectivity index (χ4n) is 2.13. The topological polar surface area (TPSA) is 122 Å². The van der Waals surface area contributed by atoms with Gasteiger partial charge in [-0.2, -0.15) is 0 Å². The van der Waals surface area contributed by atoms with Crippen molar-refractivity contribution in [2.24, 2.45) is 5.73 Å². The molecular weight excluding hydrogens is 312 g/mol. The number of amides is 1. The maximum absolute atomic E-state index is 12.3. The van der Waals surface area contributed by atoms with Crippen molar-refractivity contribution in [3.8, 4) is 11.5 Å². The number of ether oxygens (including phenoxy) is 1. The third kappa shape index (κ3) is 4.02. The molecule has 0 aliphatic carbocycles. The van der Waals surface area contributed by atoms with Crippen LogP contribution >= 0.6 is 0 Å². The van der Waals surface area contributed by atoms with Gasteiger partial charge in [0.05, 0.1) is 7.11 Å². The third-order valence-electron chi connectivity index (χ3n) is 3.48. The predicted molar refractivity (Wildman–Crippen MR) is 86.0 cm³/mol. The molecule has 0 aliphatic heterocycles. The van der Waals surface area contributed by atoms with E-state index in [0.29, 0.717) is 11.1 Å². The number of hydrogen-bond donors (Lipinski definition) is 4. The van der Waals surface area contributed by atoms with E-state index >= 15 is 0 Å². The maximum Gasteiger partial charge on any atom is 0.333 e. The number of hydrogen-bond acceptors (Lipinski definition) is 6. The van der Waals surface area contributed by atoms with Crippen molar-refractivity contribution in [2.75, 3.05) is 7.11 Å². The Hall–Kier alpha value is -3.06. The second-order valence-corrected chi connectivity index (χ2v) is 5.13. The summed E-state index contributed by atoms with van der Waals surface area (Å²) in [4.78, 5) is 24.3. The monoisotopic (exact) mass is 330 g/mol. The first-order chi connectivity index (χ1) is 11.4. The summed E-state index contributed by atoms with van der Waals surface area (Å²) < 4.78 is 4.71. The third-order valence-corrected chi connectivity index (χ3v) is 3.48. The number of carbonyl (C=O) groups is 2. The maximum atomic E-state index is 12.3. The zero-order valence-electron chi connectivity index (χ0n) is 13.0. The van der Waals surface area contributed by atoms with Crippen molar-refractivity contribution < 1.29 is 24.5 Å². The van der Waals surface area contributed by atoms with E-state index in [0.717, 1.165) is 0 Å². The number of phenols is 2. The molecule has 2 unspecified atom stereocenters. The number of aromatic hydroxyl groups is 2. The van der Waals surface area contributed by atoms with Gasteiger partial charge in [0.1, 0.15) is 17.5 Å². The molecule has 2 rings (SSSR count). The van der Waals surface area contributed by atoms with Crippen molar-refractivity contribution in [3.63, 3.8) is 0 Å². The SMILES string of the molecule is COC(=O)C(NC(=O)C(N)c1ccc(O)cc1)c1ccc(O)cc1. The largest absolute Gasteiger partial charge is 0.508 e. The van der Waals surface area contributed by atoms with E-state index in [9.17, 15) is 19.8 Å². The van der Waals surface area contributed by atoms with Crippen LogP contribution < -0.4 is 11.1 Å². The van der Waals surface area contributed by atoms with Gasteiger partial charge in [-0.15, -0.1) is 0 Å². The predicted octanol–water partition coefficient (Wildman–Crippen LogP) is 1.13. The summed E-state index contributed by atoms with van der Waals surface area (Å²) in [5, 5.41) is 21.1. The Morgan fingerprint density at radius 2 is 1.42 bits per heavy atom. The molecule has 0 saturated carbocycles. The number of esters is 1. The van der Waals surface area contributed by atoms with Crippen molar-refractivity contribution in [2.45, 2.75) is 12.1 Å². The highest BCUT2D eigenvalue weighted by Crippen LogP contribution is 2.20. The summed E-state index contributed by atoms with van der Waals surface area (Å²) >= 11 is 0. The van der Waals surface area contributed by atoms with Crippen molar-refractivity contribution in [3.05, 3.63) is 59.7 Å². The van der Waals surface area contributed by atoms with Crippen LogP contribution in [0.3, 0.4) is 0 Å². The number of nitrogens with two attached hydrogens (primary N) is 1. The molecule has 7 heteroatoms. The van der Waals surface area contributed by atoms with Gasteiger partial charge in [-0.1, -0.05) is 24.3 Å². The van der Waals surface area contributed by atoms with Crippen LogP contribution in [0, 0.1) is 0 Å². The van der Waals surface area contributed by atoms with Gasteiger partial charge in [0.15, 0.2) is 6.04 Å². The van der Waals surface area contributed by atoms with Crippen LogP contribution in [0.25, 0.3) is 0 Å². The van der Waals surface area contributed by atoms with Crippen molar-refractivity contribution in [1.29, 1.82) is 0 Å². The first kappa shape index (κ1) is 17.3. The van der Waals surface area contributed by atoms with Crippen molar-refractivity contribution in [1.82, 2.24) is 5.32 Å². The number of benzene rings is 2. The van der Waals surface area contributed by atoms with Crippen LogP contribution in [0.1, 0.15) is 23.2 Å². The Bertz CT molecular complexity index is 713. The Kier molecular flexibility index (Phi) is 5.39. The van der Waals surface area contributed by atoms with E-state index < -0.39 is 24.0 Å². The van der Waals surface area contributed by atoms with Gasteiger partial charge in [0, 0.05) is 0 Å². The lowest BCUT2D eigenvalue weighted by Gasteiger charge is -2.20. The quantitative estimate of drug-likeness (QED) is 0.610. The summed E-state index contributed by atoms with van der Waals surface area (Å²) in [6, 6.07) is 9.61. The molecule has 0 spiro atoms. The van der Waals surface area contributed by atoms with E-state index in [1.54, 1.807) is 0 Å². The highest BCUT2D eigenvalue weighted by atomic mass is 16.5. The molecule has 1 amide bonds. The van der Waals surface area contributed by atoms with Crippen molar-refractivity contribution >= 4 is 11.9 Å². The number of methoxy groups -OCH3 is 1. The van der Waals surface area contributed by atoms with Crippen LogP contribution in [0.5, 0.6) is 11.5 Å². The Labute approximate surface area is 138 Å². The van der Waals surface area contributed by atoms with Gasteiger partial charge in [0.2, 0.25) is 5.91 Å². The first-order valence-electron chi connectivity index (χ1n) is 7.14. The normalized spacial score (nSPS) is 12.9. The minimum absolute atomic E-state index is 0.0366. The molecule has 7 nitrogen and oxygen atoms in total. The molecule has 0 heterocycles. The second kappa shape index (κ2) is 7.47. The molecule has 0 fully saturated rings. The molecule has 0 aliphatic rings. The summed E-state index contributed by atoms with van der Waals surface area (Å²) in [5.41, 5.74) is 6.83. The number of carbonyl (C=O) groups excluding carboxylic acids is 2. The average Bonchev–Trinajstić information content (AvgIpc) is 2.59. The summed E-state index contributed by atoms with van der Waals surface area (Å²) in [7, 11) is 1.21. The highest BCUT2D eigenvalue weighted by molar-refractivity contribution is 5.88. The summed E-state index contributed by atoms with van der Waals surface area (Å²) in [6.07, 6.45) is 0. The Morgan fingerprint density at radius 3 is 1.88 bits per heavy atom. The summed E-state index contributed by atoms with van der Waals surface area (Å²) in [6.45, 7) is 0. The molecule has 2 aromatic carbocycles. The minimum Gasteiger partial charge on any atom is -0.508 e. The summed E-state index contributed by atoms with van der Waals surface area (Å²) in [5.74, 6) is -1.14. The zero-order chi connectivity index (χ0) is 17.7. The zero-order valence-corrected chi connectivity index (χ0v) is 13.0. The number of nitrogens with one attached hydrogen (secondary N) is 1. The average molecular weight is 330 g/mol. The fraction of sp³-hybridized carbons (Fsp3) is 0.176. The van der Waals surface area contributed by atoms with Gasteiger partial charge in [-0.25, -0.2) is 4.79 Å². The van der Waals surface area contributed by atoms with Crippen LogP contribution in [-0.2, 0) is 14.3 Å². The smallest absolute Gasteiger partial charge is 0.333 e. The molecular formula is C17H18N2O5. The Balaban J connectivity index is 2.19. The van der Waals surface area contributed by atoms with Gasteiger partial charge >= 0.3 is 5.97 Å². The van der Waals surface area contributed by atoms with Crippen LogP contribution in [0.15, 0.2) is 48.5 Å². The molecule has 0 bridgehead atoms. The van der Waals surface area contributed by atoms with E-state index in [2.05, 4.69) is 5.32 Å².